The summed E-state index contributed by atoms with van der Waals surface area (Å²) in [6.07, 6.45) is 0.457. The van der Waals surface area contributed by atoms with Gasteiger partial charge in [0, 0.05) is 19.7 Å². The van der Waals surface area contributed by atoms with Gasteiger partial charge in [0.05, 0.1) is 0 Å². The quantitative estimate of drug-likeness (QED) is 0.473. The van der Waals surface area contributed by atoms with Gasteiger partial charge in [-0.15, -0.1) is 11.8 Å². The Hall–Kier alpha value is -1.88. The molecule has 0 saturated carbocycles. The summed E-state index contributed by atoms with van der Waals surface area (Å²) in [6, 6.07) is 25.3. The first kappa shape index (κ1) is 18.9. The van der Waals surface area contributed by atoms with Gasteiger partial charge in [-0.1, -0.05) is 59.8 Å². The van der Waals surface area contributed by atoms with Crippen LogP contribution in [-0.4, -0.2) is 16.3 Å². The van der Waals surface area contributed by atoms with Crippen LogP contribution in [0.5, 0.6) is 0 Å². The number of carboxylic acids is 1. The molecule has 0 aliphatic rings. The number of rotatable bonds is 7. The predicted molar refractivity (Wildman–Crippen MR) is 109 cm³/mol. The number of hydrogen-bond donors (Lipinski definition) is 1. The van der Waals surface area contributed by atoms with Crippen molar-refractivity contribution in [1.29, 1.82) is 0 Å². The molecule has 1 atom stereocenters. The molecule has 0 heterocycles. The molecule has 3 aromatic carbocycles. The van der Waals surface area contributed by atoms with E-state index < -0.39 is 11.2 Å². The van der Waals surface area contributed by atoms with Crippen molar-refractivity contribution in [2.75, 3.05) is 0 Å². The lowest BCUT2D eigenvalue weighted by atomic mass is 10.1. The molecule has 26 heavy (non-hydrogen) atoms. The molecule has 0 amide bonds. The molecule has 3 rings (SSSR count). The number of carboxylic acid groups (broad SMARTS) is 1. The number of thioether (sulfide) groups is 1. The van der Waals surface area contributed by atoms with Crippen LogP contribution in [0.25, 0.3) is 0 Å². The summed E-state index contributed by atoms with van der Waals surface area (Å²) in [5.41, 5.74) is 1.04. The van der Waals surface area contributed by atoms with Gasteiger partial charge in [0.2, 0.25) is 0 Å². The Labute approximate surface area is 166 Å². The van der Waals surface area contributed by atoms with E-state index in [-0.39, 0.29) is 0 Å². The molecule has 2 nitrogen and oxygen atoms in total. The predicted octanol–water partition coefficient (Wildman–Crippen LogP) is 6.28. The lowest BCUT2D eigenvalue weighted by molar-refractivity contribution is -0.136. The fourth-order valence-electron chi connectivity index (χ4n) is 2.44. The number of aliphatic carboxylic acids is 1. The SMILES string of the molecule is O=C(O)C(Cc1ccccc1Sc1ccccc1)Sc1ccc(Cl)cc1. The van der Waals surface area contributed by atoms with E-state index in [9.17, 15) is 9.90 Å². The Bertz CT molecular complexity index is 867. The highest BCUT2D eigenvalue weighted by atomic mass is 35.5. The summed E-state index contributed by atoms with van der Waals surface area (Å²) in [7, 11) is 0. The van der Waals surface area contributed by atoms with Crippen LogP contribution in [0.3, 0.4) is 0 Å². The maximum absolute atomic E-state index is 11.8. The molecule has 3 aromatic rings. The van der Waals surface area contributed by atoms with Gasteiger partial charge in [-0.2, -0.15) is 0 Å². The van der Waals surface area contributed by atoms with Crippen molar-refractivity contribution in [1.82, 2.24) is 0 Å². The number of carbonyl (C=O) groups is 1. The Kier molecular flexibility index (Phi) is 6.67. The van der Waals surface area contributed by atoms with Gasteiger partial charge < -0.3 is 5.11 Å². The molecule has 132 valence electrons. The van der Waals surface area contributed by atoms with Crippen molar-refractivity contribution >= 4 is 41.1 Å². The maximum atomic E-state index is 11.8. The highest BCUT2D eigenvalue weighted by molar-refractivity contribution is 8.00. The van der Waals surface area contributed by atoms with E-state index >= 15 is 0 Å². The van der Waals surface area contributed by atoms with Crippen molar-refractivity contribution in [3.63, 3.8) is 0 Å². The van der Waals surface area contributed by atoms with E-state index in [2.05, 4.69) is 12.1 Å². The van der Waals surface area contributed by atoms with E-state index in [1.807, 2.05) is 54.6 Å². The molecule has 1 unspecified atom stereocenters. The minimum atomic E-state index is -0.815. The summed E-state index contributed by atoms with van der Waals surface area (Å²) in [5.74, 6) is -0.815. The second-order valence-corrected chi connectivity index (χ2v) is 8.45. The van der Waals surface area contributed by atoms with E-state index in [0.29, 0.717) is 11.4 Å². The van der Waals surface area contributed by atoms with Crippen LogP contribution in [0.4, 0.5) is 0 Å². The average molecular weight is 401 g/mol. The van der Waals surface area contributed by atoms with Crippen LogP contribution in [-0.2, 0) is 11.2 Å². The van der Waals surface area contributed by atoms with Gasteiger partial charge in [-0.3, -0.25) is 4.79 Å². The largest absolute Gasteiger partial charge is 0.480 e. The van der Waals surface area contributed by atoms with Crippen molar-refractivity contribution in [2.45, 2.75) is 26.4 Å². The van der Waals surface area contributed by atoms with Crippen molar-refractivity contribution in [2.24, 2.45) is 0 Å². The highest BCUT2D eigenvalue weighted by Crippen LogP contribution is 2.33. The molecular weight excluding hydrogens is 384 g/mol. The minimum absolute atomic E-state index is 0.457. The zero-order valence-corrected chi connectivity index (χ0v) is 16.2. The van der Waals surface area contributed by atoms with Crippen LogP contribution in [0, 0.1) is 0 Å². The van der Waals surface area contributed by atoms with Gasteiger partial charge in [-0.05, 0) is 54.4 Å². The Morgan fingerprint density at radius 3 is 2.23 bits per heavy atom. The molecule has 0 bridgehead atoms. The van der Waals surface area contributed by atoms with E-state index in [1.165, 1.54) is 11.8 Å². The number of hydrogen-bond acceptors (Lipinski definition) is 3. The van der Waals surface area contributed by atoms with Crippen molar-refractivity contribution < 1.29 is 9.90 Å². The molecule has 0 aromatic heterocycles. The fourth-order valence-corrected chi connectivity index (χ4v) is 4.53. The lowest BCUT2D eigenvalue weighted by Crippen LogP contribution is -2.19. The summed E-state index contributed by atoms with van der Waals surface area (Å²) >= 11 is 8.91. The molecule has 5 heteroatoms. The van der Waals surface area contributed by atoms with E-state index in [0.717, 1.165) is 20.2 Å². The summed E-state index contributed by atoms with van der Waals surface area (Å²) in [6.45, 7) is 0. The molecule has 0 aliphatic heterocycles. The summed E-state index contributed by atoms with van der Waals surface area (Å²) in [4.78, 5) is 14.9. The molecule has 0 spiro atoms. The van der Waals surface area contributed by atoms with Crippen LogP contribution in [0.1, 0.15) is 5.56 Å². The van der Waals surface area contributed by atoms with Gasteiger partial charge in [0.1, 0.15) is 5.25 Å². The standard InChI is InChI=1S/C21H17ClO2S2/c22-16-10-12-18(13-11-16)26-20(21(23)24)14-15-6-4-5-9-19(15)25-17-7-2-1-3-8-17/h1-13,20H,14H2,(H,23,24). The van der Waals surface area contributed by atoms with Gasteiger partial charge in [0.15, 0.2) is 0 Å². The summed E-state index contributed by atoms with van der Waals surface area (Å²) < 4.78 is 0. The van der Waals surface area contributed by atoms with Gasteiger partial charge >= 0.3 is 5.97 Å². The van der Waals surface area contributed by atoms with Crippen molar-refractivity contribution in [3.8, 4) is 0 Å². The molecule has 0 fully saturated rings. The Balaban J connectivity index is 1.79. The average Bonchev–Trinajstić information content (AvgIpc) is 2.65. The topological polar surface area (TPSA) is 37.3 Å². The second-order valence-electron chi connectivity index (χ2n) is 5.63. The Morgan fingerprint density at radius 2 is 1.54 bits per heavy atom. The number of benzene rings is 3. The van der Waals surface area contributed by atoms with Gasteiger partial charge in [-0.25, -0.2) is 0 Å². The third-order valence-corrected chi connectivity index (χ3v) is 6.29. The molecule has 0 radical (unpaired) electrons. The second kappa shape index (κ2) is 9.17. The molecule has 1 N–H and O–H groups in total. The first-order chi connectivity index (χ1) is 12.6. The van der Waals surface area contributed by atoms with Crippen LogP contribution >= 0.6 is 35.1 Å². The first-order valence-electron chi connectivity index (χ1n) is 8.07. The molecular formula is C21H17ClO2S2. The Morgan fingerprint density at radius 1 is 0.885 bits per heavy atom. The zero-order valence-electron chi connectivity index (χ0n) is 13.8. The van der Waals surface area contributed by atoms with E-state index in [4.69, 9.17) is 11.6 Å². The smallest absolute Gasteiger partial charge is 0.317 e. The summed E-state index contributed by atoms with van der Waals surface area (Å²) in [5, 5.41) is 9.76. The maximum Gasteiger partial charge on any atom is 0.317 e. The first-order valence-corrected chi connectivity index (χ1v) is 10.1. The van der Waals surface area contributed by atoms with Crippen LogP contribution in [0.2, 0.25) is 5.02 Å². The van der Waals surface area contributed by atoms with Gasteiger partial charge in [0.25, 0.3) is 0 Å². The van der Waals surface area contributed by atoms with Crippen molar-refractivity contribution in [3.05, 3.63) is 89.4 Å². The van der Waals surface area contributed by atoms with E-state index in [1.54, 1.807) is 23.9 Å². The molecule has 0 aliphatic carbocycles. The zero-order chi connectivity index (χ0) is 18.4. The highest BCUT2D eigenvalue weighted by Gasteiger charge is 2.21. The third-order valence-electron chi connectivity index (χ3n) is 3.72. The van der Waals surface area contributed by atoms with Crippen LogP contribution < -0.4 is 0 Å². The monoisotopic (exact) mass is 400 g/mol. The lowest BCUT2D eigenvalue weighted by Gasteiger charge is -2.15. The van der Waals surface area contributed by atoms with Crippen LogP contribution in [0.15, 0.2) is 93.5 Å². The minimum Gasteiger partial charge on any atom is -0.480 e. The fraction of sp³-hybridized carbons (Fsp3) is 0.0952. The normalized spacial score (nSPS) is 11.9. The molecule has 0 saturated heterocycles. The number of halogens is 1. The third kappa shape index (κ3) is 5.31.